The fraction of sp³-hybridized carbons (Fsp3) is 0.150. The van der Waals surface area contributed by atoms with Crippen LogP contribution >= 0.6 is 11.6 Å². The van der Waals surface area contributed by atoms with E-state index >= 15 is 0 Å². The van der Waals surface area contributed by atoms with Crippen molar-refractivity contribution in [1.82, 2.24) is 10.2 Å². The average molecular weight is 353 g/mol. The summed E-state index contributed by atoms with van der Waals surface area (Å²) in [6, 6.07) is 17.1. The molecule has 0 saturated heterocycles. The van der Waals surface area contributed by atoms with Gasteiger partial charge in [-0.05, 0) is 6.92 Å². The number of nitrogen functional groups attached to an aromatic ring is 1. The summed E-state index contributed by atoms with van der Waals surface area (Å²) in [5.74, 6) is 0.153. The molecule has 3 rings (SSSR count). The van der Waals surface area contributed by atoms with Crippen LogP contribution in [0.1, 0.15) is 30.5 Å². The first kappa shape index (κ1) is 18.6. The van der Waals surface area contributed by atoms with Gasteiger partial charge in [0.1, 0.15) is 5.69 Å². The van der Waals surface area contributed by atoms with Crippen molar-refractivity contribution in [3.05, 3.63) is 76.3 Å². The monoisotopic (exact) mass is 352 g/mol. The Hall–Kier alpha value is -2.72. The fourth-order valence-corrected chi connectivity index (χ4v) is 2.65. The highest BCUT2D eigenvalue weighted by atomic mass is 35.5. The second-order valence-corrected chi connectivity index (χ2v) is 5.61. The quantitative estimate of drug-likeness (QED) is 0.641. The first-order valence-electron chi connectivity index (χ1n) is 8.11. The van der Waals surface area contributed by atoms with Gasteiger partial charge in [-0.1, -0.05) is 85.6 Å². The van der Waals surface area contributed by atoms with Crippen molar-refractivity contribution in [2.24, 2.45) is 0 Å². The summed E-state index contributed by atoms with van der Waals surface area (Å²) in [5.41, 5.74) is 9.79. The van der Waals surface area contributed by atoms with E-state index in [1.54, 1.807) is 0 Å². The third kappa shape index (κ3) is 4.03. The molecule has 0 amide bonds. The molecule has 3 aromatic rings. The van der Waals surface area contributed by atoms with Crippen LogP contribution in [0.2, 0.25) is 5.02 Å². The zero-order valence-electron chi connectivity index (χ0n) is 14.5. The Morgan fingerprint density at radius 3 is 2.16 bits per heavy atom. The van der Waals surface area contributed by atoms with Crippen LogP contribution in [-0.2, 0) is 0 Å². The fourth-order valence-electron chi connectivity index (χ4n) is 2.31. The normalized spacial score (nSPS) is 9.92. The van der Waals surface area contributed by atoms with Crippen molar-refractivity contribution in [2.45, 2.75) is 20.8 Å². The number of anilines is 1. The van der Waals surface area contributed by atoms with Gasteiger partial charge in [0, 0.05) is 11.1 Å². The number of hydrogen-bond donors (Lipinski definition) is 2. The molecule has 0 fully saturated rings. The minimum absolute atomic E-state index is 0.153. The van der Waals surface area contributed by atoms with Crippen LogP contribution in [0.15, 0.2) is 54.6 Å². The third-order valence-corrected chi connectivity index (χ3v) is 3.95. The van der Waals surface area contributed by atoms with Crippen LogP contribution in [0.5, 0.6) is 0 Å². The summed E-state index contributed by atoms with van der Waals surface area (Å²) in [4.78, 5) is 0. The largest absolute Gasteiger partial charge is 0.382 e. The Morgan fingerprint density at radius 2 is 1.56 bits per heavy atom. The van der Waals surface area contributed by atoms with Crippen LogP contribution in [0.25, 0.3) is 11.3 Å². The van der Waals surface area contributed by atoms with Gasteiger partial charge < -0.3 is 5.73 Å². The smallest absolute Gasteiger partial charge is 0.157 e. The predicted octanol–water partition coefficient (Wildman–Crippen LogP) is 5.13. The maximum absolute atomic E-state index is 8.45. The van der Waals surface area contributed by atoms with E-state index in [2.05, 4.69) is 10.2 Å². The molecule has 0 aliphatic rings. The van der Waals surface area contributed by atoms with Gasteiger partial charge in [-0.2, -0.15) is 0 Å². The van der Waals surface area contributed by atoms with Crippen LogP contribution in [-0.4, -0.2) is 15.9 Å². The molecule has 1 heterocycles. The Bertz CT molecular complexity index is 859. The number of nitrogens with two attached hydrogens (primary N) is 1. The van der Waals surface area contributed by atoms with Crippen LogP contribution in [0.4, 0.5) is 5.82 Å². The maximum atomic E-state index is 8.45. The summed E-state index contributed by atoms with van der Waals surface area (Å²) in [6.45, 7) is 6.00. The van der Waals surface area contributed by atoms with Gasteiger partial charge >= 0.3 is 0 Å². The number of nitrogens with zero attached hydrogens (tertiary/aromatic N) is 2. The molecule has 1 aromatic heterocycles. The Kier molecular flexibility index (Phi) is 6.25. The highest BCUT2D eigenvalue weighted by molar-refractivity contribution is 6.38. The molecule has 0 aliphatic heterocycles. The molecule has 5 heteroatoms. The van der Waals surface area contributed by atoms with E-state index < -0.39 is 0 Å². The van der Waals surface area contributed by atoms with Crippen LogP contribution in [0, 0.1) is 12.3 Å². The highest BCUT2D eigenvalue weighted by Crippen LogP contribution is 2.32. The Morgan fingerprint density at radius 1 is 0.960 bits per heavy atom. The molecule has 128 valence electrons. The van der Waals surface area contributed by atoms with Crippen molar-refractivity contribution >= 4 is 23.1 Å². The lowest BCUT2D eigenvalue weighted by atomic mass is 10.0. The maximum Gasteiger partial charge on any atom is 0.157 e. The molecular formula is C20H21ClN4. The minimum Gasteiger partial charge on any atom is -0.382 e. The van der Waals surface area contributed by atoms with Crippen molar-refractivity contribution in [1.29, 1.82) is 5.41 Å². The number of rotatable bonds is 3. The predicted molar refractivity (Wildman–Crippen MR) is 105 cm³/mol. The van der Waals surface area contributed by atoms with Gasteiger partial charge in [0.2, 0.25) is 0 Å². The van der Waals surface area contributed by atoms with Gasteiger partial charge in [0.25, 0.3) is 0 Å². The van der Waals surface area contributed by atoms with Crippen molar-refractivity contribution in [2.75, 3.05) is 5.73 Å². The van der Waals surface area contributed by atoms with E-state index in [-0.39, 0.29) is 11.5 Å². The molecule has 0 spiro atoms. The summed E-state index contributed by atoms with van der Waals surface area (Å²) in [5, 5.41) is 16.9. The molecule has 2 aromatic carbocycles. The minimum atomic E-state index is 0.153. The van der Waals surface area contributed by atoms with E-state index in [0.717, 1.165) is 16.7 Å². The van der Waals surface area contributed by atoms with Crippen molar-refractivity contribution in [3.8, 4) is 11.3 Å². The van der Waals surface area contributed by atoms with Gasteiger partial charge in [-0.15, -0.1) is 10.2 Å². The first-order valence-corrected chi connectivity index (χ1v) is 8.48. The average Bonchev–Trinajstić information content (AvgIpc) is 2.65. The van der Waals surface area contributed by atoms with E-state index in [9.17, 15) is 0 Å². The molecule has 0 saturated carbocycles. The molecule has 0 radical (unpaired) electrons. The lowest BCUT2D eigenvalue weighted by molar-refractivity contribution is 1.04. The van der Waals surface area contributed by atoms with E-state index in [0.29, 0.717) is 16.3 Å². The number of hydrogen-bond acceptors (Lipinski definition) is 4. The molecule has 25 heavy (non-hydrogen) atoms. The van der Waals surface area contributed by atoms with Gasteiger partial charge in [-0.3, -0.25) is 5.41 Å². The van der Waals surface area contributed by atoms with E-state index in [1.807, 2.05) is 75.4 Å². The molecule has 0 unspecified atom stereocenters. The molecule has 0 atom stereocenters. The number of halogens is 1. The second-order valence-electron chi connectivity index (χ2n) is 5.23. The van der Waals surface area contributed by atoms with Crippen molar-refractivity contribution in [3.63, 3.8) is 0 Å². The number of nitrogens with one attached hydrogen (secondary N) is 1. The first-order chi connectivity index (χ1) is 12.1. The van der Waals surface area contributed by atoms with Gasteiger partial charge in [0.05, 0.1) is 16.3 Å². The molecule has 4 nitrogen and oxygen atoms in total. The number of benzene rings is 2. The zero-order valence-corrected chi connectivity index (χ0v) is 15.3. The summed E-state index contributed by atoms with van der Waals surface area (Å²) in [6.07, 6.45) is 0. The summed E-state index contributed by atoms with van der Waals surface area (Å²) < 4.78 is 0. The number of aromatic nitrogens is 2. The standard InChI is InChI=1S/C18H15ClN4.C2H6/c1-11-7-9-12(10-8-11)16(20)14-15(19)17(22-23-18(14)21)13-5-3-2-4-6-13;1-2/h2-10,20H,1H3,(H2,21,23);1-2H3. The Balaban J connectivity index is 0.00000109. The SMILES string of the molecule is CC.Cc1ccc(C(=N)c2c(N)nnc(-c3ccccc3)c2Cl)cc1. The Labute approximate surface area is 153 Å². The van der Waals surface area contributed by atoms with Gasteiger partial charge in [-0.25, -0.2) is 0 Å². The number of aryl methyl sites for hydroxylation is 1. The van der Waals surface area contributed by atoms with E-state index in [4.69, 9.17) is 22.7 Å². The molecule has 0 aliphatic carbocycles. The highest BCUT2D eigenvalue weighted by Gasteiger charge is 2.19. The van der Waals surface area contributed by atoms with E-state index in [1.165, 1.54) is 0 Å². The lowest BCUT2D eigenvalue weighted by Gasteiger charge is -2.12. The second kappa shape index (κ2) is 8.40. The zero-order chi connectivity index (χ0) is 18.4. The van der Waals surface area contributed by atoms with Crippen molar-refractivity contribution < 1.29 is 0 Å². The van der Waals surface area contributed by atoms with Crippen LogP contribution < -0.4 is 5.73 Å². The topological polar surface area (TPSA) is 75.7 Å². The molecule has 3 N–H and O–H groups in total. The van der Waals surface area contributed by atoms with Gasteiger partial charge in [0.15, 0.2) is 5.82 Å². The van der Waals surface area contributed by atoms with Crippen LogP contribution in [0.3, 0.4) is 0 Å². The lowest BCUT2D eigenvalue weighted by Crippen LogP contribution is -2.10. The molecule has 0 bridgehead atoms. The summed E-state index contributed by atoms with van der Waals surface area (Å²) in [7, 11) is 0. The molecular weight excluding hydrogens is 332 g/mol. The summed E-state index contributed by atoms with van der Waals surface area (Å²) >= 11 is 6.50. The third-order valence-electron chi connectivity index (χ3n) is 3.58.